The number of hydrogen-bond donors (Lipinski definition) is 0. The van der Waals surface area contributed by atoms with Crippen LogP contribution in [0.3, 0.4) is 0 Å². The first-order valence-corrected chi connectivity index (χ1v) is 12.3. The van der Waals surface area contributed by atoms with Crippen LogP contribution in [0.15, 0.2) is 41.3 Å². The number of methoxy groups -OCH3 is 1. The van der Waals surface area contributed by atoms with Crippen LogP contribution in [0.4, 0.5) is 5.13 Å². The third-order valence-corrected chi connectivity index (χ3v) is 7.43. The fraction of sp³-hybridized carbons (Fsp3) is 0.391. The summed E-state index contributed by atoms with van der Waals surface area (Å²) in [5.41, 5.74) is 2.61. The van der Waals surface area contributed by atoms with Crippen molar-refractivity contribution in [2.45, 2.75) is 11.8 Å². The van der Waals surface area contributed by atoms with Gasteiger partial charge in [0.25, 0.3) is 5.91 Å². The van der Waals surface area contributed by atoms with E-state index in [0.717, 1.165) is 59.3 Å². The summed E-state index contributed by atoms with van der Waals surface area (Å²) in [6, 6.07) is 11.7. The average Bonchev–Trinajstić information content (AvgIpc) is 3.26. The number of nitrogens with zero attached hydrogens (tertiary/aromatic N) is 3. The minimum Gasteiger partial charge on any atom is -0.494 e. The Labute approximate surface area is 191 Å². The molecule has 4 rings (SSSR count). The largest absolute Gasteiger partial charge is 0.494 e. The predicted molar refractivity (Wildman–Crippen MR) is 128 cm³/mol. The Hall–Kier alpha value is -2.13. The SMILES string of the molecule is COc1ccc(C)c2sc(N(CCN3CCOCC3)C(=O)c3ccc(SC)cc3)nc12. The Morgan fingerprint density at radius 1 is 1.23 bits per heavy atom. The zero-order valence-corrected chi connectivity index (χ0v) is 19.7. The van der Waals surface area contributed by atoms with Gasteiger partial charge in [-0.25, -0.2) is 4.98 Å². The maximum Gasteiger partial charge on any atom is 0.260 e. The molecule has 1 aliphatic rings. The Morgan fingerprint density at radius 2 is 1.97 bits per heavy atom. The maximum absolute atomic E-state index is 13.5. The number of carbonyl (C=O) groups excluding carboxylic acids is 1. The lowest BCUT2D eigenvalue weighted by Gasteiger charge is -2.29. The van der Waals surface area contributed by atoms with E-state index < -0.39 is 0 Å². The Bertz CT molecular complexity index is 1050. The molecule has 2 heterocycles. The molecule has 1 aliphatic heterocycles. The summed E-state index contributed by atoms with van der Waals surface area (Å²) in [6.07, 6.45) is 2.03. The van der Waals surface area contributed by atoms with Crippen molar-refractivity contribution in [3.8, 4) is 5.75 Å². The third-order valence-electron chi connectivity index (χ3n) is 5.47. The van der Waals surface area contributed by atoms with Crippen LogP contribution in [0, 0.1) is 6.92 Å². The van der Waals surface area contributed by atoms with Crippen molar-refractivity contribution < 1.29 is 14.3 Å². The third kappa shape index (κ3) is 4.87. The van der Waals surface area contributed by atoms with Crippen LogP contribution >= 0.6 is 23.1 Å². The van der Waals surface area contributed by atoms with Crippen molar-refractivity contribution in [1.29, 1.82) is 0 Å². The van der Waals surface area contributed by atoms with Crippen molar-refractivity contribution >= 4 is 44.4 Å². The second-order valence-electron chi connectivity index (χ2n) is 7.40. The van der Waals surface area contributed by atoms with E-state index in [9.17, 15) is 4.79 Å². The van der Waals surface area contributed by atoms with Crippen LogP contribution in [0.5, 0.6) is 5.75 Å². The highest BCUT2D eigenvalue weighted by Gasteiger charge is 2.24. The van der Waals surface area contributed by atoms with Crippen LogP contribution in [-0.2, 0) is 4.74 Å². The zero-order chi connectivity index (χ0) is 21.8. The van der Waals surface area contributed by atoms with Crippen LogP contribution in [-0.4, -0.2) is 68.5 Å². The van der Waals surface area contributed by atoms with Crippen molar-refractivity contribution in [2.24, 2.45) is 0 Å². The molecule has 1 amide bonds. The highest BCUT2D eigenvalue weighted by Crippen LogP contribution is 2.36. The number of benzene rings is 2. The topological polar surface area (TPSA) is 54.9 Å². The molecule has 6 nitrogen and oxygen atoms in total. The van der Waals surface area contributed by atoms with Crippen LogP contribution in [0.25, 0.3) is 10.2 Å². The van der Waals surface area contributed by atoms with Gasteiger partial charge in [-0.05, 0) is 49.1 Å². The summed E-state index contributed by atoms with van der Waals surface area (Å²) in [7, 11) is 1.65. The van der Waals surface area contributed by atoms with Crippen molar-refractivity contribution in [1.82, 2.24) is 9.88 Å². The molecule has 2 aromatic carbocycles. The number of aryl methyl sites for hydroxylation is 1. The second kappa shape index (κ2) is 9.99. The molecular formula is C23H27N3O3S2. The second-order valence-corrected chi connectivity index (χ2v) is 9.26. The number of fused-ring (bicyclic) bond motifs is 1. The van der Waals surface area contributed by atoms with Crippen LogP contribution in [0.1, 0.15) is 15.9 Å². The fourth-order valence-corrected chi connectivity index (χ4v) is 5.10. The summed E-state index contributed by atoms with van der Waals surface area (Å²) in [5.74, 6) is 0.699. The molecular weight excluding hydrogens is 430 g/mol. The van der Waals surface area contributed by atoms with E-state index in [-0.39, 0.29) is 5.91 Å². The van der Waals surface area contributed by atoms with E-state index in [1.165, 1.54) is 0 Å². The van der Waals surface area contributed by atoms with Gasteiger partial charge in [0.15, 0.2) is 5.13 Å². The monoisotopic (exact) mass is 457 g/mol. The minimum absolute atomic E-state index is 0.0309. The zero-order valence-electron chi connectivity index (χ0n) is 18.1. The first-order chi connectivity index (χ1) is 15.1. The van der Waals surface area contributed by atoms with Gasteiger partial charge in [0.2, 0.25) is 0 Å². The van der Waals surface area contributed by atoms with Crippen molar-refractivity contribution in [3.63, 3.8) is 0 Å². The lowest BCUT2D eigenvalue weighted by atomic mass is 10.2. The Kier molecular flexibility index (Phi) is 7.12. The van der Waals surface area contributed by atoms with Gasteiger partial charge >= 0.3 is 0 Å². The molecule has 3 aromatic rings. The highest BCUT2D eigenvalue weighted by atomic mass is 32.2. The van der Waals surface area contributed by atoms with E-state index in [1.807, 2.05) is 47.6 Å². The van der Waals surface area contributed by atoms with E-state index in [4.69, 9.17) is 14.5 Å². The molecule has 164 valence electrons. The van der Waals surface area contributed by atoms with Gasteiger partial charge in [0.05, 0.1) is 25.0 Å². The summed E-state index contributed by atoms with van der Waals surface area (Å²) in [5, 5.41) is 0.704. The molecule has 0 spiro atoms. The predicted octanol–water partition coefficient (Wildman–Crippen LogP) is 4.31. The van der Waals surface area contributed by atoms with Gasteiger partial charge in [-0.3, -0.25) is 14.6 Å². The number of amides is 1. The number of thioether (sulfide) groups is 1. The number of morpholine rings is 1. The Morgan fingerprint density at radius 3 is 2.65 bits per heavy atom. The fourth-order valence-electron chi connectivity index (χ4n) is 3.62. The molecule has 0 aliphatic carbocycles. The van der Waals surface area contributed by atoms with E-state index in [0.29, 0.717) is 17.2 Å². The maximum atomic E-state index is 13.5. The summed E-state index contributed by atoms with van der Waals surface area (Å²) >= 11 is 3.21. The van der Waals surface area contributed by atoms with Gasteiger partial charge in [-0.1, -0.05) is 17.4 Å². The van der Waals surface area contributed by atoms with Gasteiger partial charge in [-0.15, -0.1) is 11.8 Å². The molecule has 0 N–H and O–H groups in total. The number of hydrogen-bond acceptors (Lipinski definition) is 7. The Balaban J connectivity index is 1.67. The van der Waals surface area contributed by atoms with Crippen molar-refractivity contribution in [3.05, 3.63) is 47.5 Å². The molecule has 31 heavy (non-hydrogen) atoms. The number of anilines is 1. The summed E-state index contributed by atoms with van der Waals surface area (Å²) in [4.78, 5) is 23.7. The normalized spacial score (nSPS) is 14.7. The van der Waals surface area contributed by atoms with E-state index in [1.54, 1.807) is 30.2 Å². The number of carbonyl (C=O) groups is 1. The molecule has 0 bridgehead atoms. The van der Waals surface area contributed by atoms with E-state index >= 15 is 0 Å². The quantitative estimate of drug-likeness (QED) is 0.493. The standard InChI is InChI=1S/C23H27N3O3S2/c1-16-4-9-19(28-2)20-21(16)31-23(24-20)26(11-10-25-12-14-29-15-13-25)22(27)17-5-7-18(30-3)8-6-17/h4-9H,10-15H2,1-3H3. The van der Waals surface area contributed by atoms with Gasteiger partial charge in [0, 0.05) is 36.6 Å². The number of rotatable bonds is 7. The number of thiazole rings is 1. The number of ether oxygens (including phenoxy) is 2. The molecule has 0 unspecified atom stereocenters. The van der Waals surface area contributed by atoms with Gasteiger partial charge in [-0.2, -0.15) is 0 Å². The summed E-state index contributed by atoms with van der Waals surface area (Å²) < 4.78 is 12.0. The highest BCUT2D eigenvalue weighted by molar-refractivity contribution is 7.98. The summed E-state index contributed by atoms with van der Waals surface area (Å²) in [6.45, 7) is 6.66. The van der Waals surface area contributed by atoms with Gasteiger partial charge < -0.3 is 9.47 Å². The molecule has 0 saturated carbocycles. The molecule has 0 atom stereocenters. The molecule has 0 radical (unpaired) electrons. The molecule has 8 heteroatoms. The lowest BCUT2D eigenvalue weighted by Crippen LogP contribution is -2.43. The van der Waals surface area contributed by atoms with Crippen LogP contribution < -0.4 is 9.64 Å². The molecule has 1 aromatic heterocycles. The molecule has 1 saturated heterocycles. The van der Waals surface area contributed by atoms with Gasteiger partial charge in [0.1, 0.15) is 11.3 Å². The lowest BCUT2D eigenvalue weighted by molar-refractivity contribution is 0.0391. The first-order valence-electron chi connectivity index (χ1n) is 10.3. The smallest absolute Gasteiger partial charge is 0.260 e. The average molecular weight is 458 g/mol. The first kappa shape index (κ1) is 22.1. The number of aromatic nitrogens is 1. The van der Waals surface area contributed by atoms with E-state index in [2.05, 4.69) is 11.8 Å². The van der Waals surface area contributed by atoms with Crippen molar-refractivity contribution in [2.75, 3.05) is 57.7 Å². The van der Waals surface area contributed by atoms with Crippen LogP contribution in [0.2, 0.25) is 0 Å². The molecule has 1 fully saturated rings. The minimum atomic E-state index is -0.0309.